The Morgan fingerprint density at radius 2 is 2.07 bits per heavy atom. The van der Waals surface area contributed by atoms with Crippen LogP contribution in [0.3, 0.4) is 0 Å². The van der Waals surface area contributed by atoms with Crippen LogP contribution in [0.2, 0.25) is 0 Å². The predicted molar refractivity (Wildman–Crippen MR) is 52.8 cm³/mol. The second-order valence-corrected chi connectivity index (χ2v) is 2.99. The van der Waals surface area contributed by atoms with E-state index in [4.69, 9.17) is 10.00 Å². The highest BCUT2D eigenvalue weighted by Gasteiger charge is 2.06. The first kappa shape index (κ1) is 10.6. The fraction of sp³-hybridized carbons (Fsp3) is 0.364. The number of aliphatic hydroxyl groups excluding tert-OH is 1. The standard InChI is InChI=1S/C11H13NO2/c1-14-10-6-4-9(5-7-10)11(13)3-2-8-12/h4-7,11,13H,2-3H2,1H3. The van der Waals surface area contributed by atoms with Crippen molar-refractivity contribution in [3.63, 3.8) is 0 Å². The second kappa shape index (κ2) is 5.25. The molecule has 74 valence electrons. The van der Waals surface area contributed by atoms with Crippen LogP contribution in [-0.2, 0) is 0 Å². The average molecular weight is 191 g/mol. The number of hydrogen-bond donors (Lipinski definition) is 1. The maximum atomic E-state index is 9.62. The lowest BCUT2D eigenvalue weighted by Gasteiger charge is -2.09. The van der Waals surface area contributed by atoms with E-state index in [2.05, 4.69) is 0 Å². The minimum absolute atomic E-state index is 0.368. The van der Waals surface area contributed by atoms with E-state index in [9.17, 15) is 5.11 Å². The van der Waals surface area contributed by atoms with Gasteiger partial charge in [0.1, 0.15) is 5.75 Å². The van der Waals surface area contributed by atoms with E-state index in [0.29, 0.717) is 12.8 Å². The molecule has 1 aromatic rings. The Hall–Kier alpha value is -1.53. The summed E-state index contributed by atoms with van der Waals surface area (Å²) in [6, 6.07) is 9.21. The predicted octanol–water partition coefficient (Wildman–Crippen LogP) is 2.03. The van der Waals surface area contributed by atoms with Crippen LogP contribution < -0.4 is 4.74 Å². The molecule has 0 spiro atoms. The molecule has 0 amide bonds. The second-order valence-electron chi connectivity index (χ2n) is 2.99. The van der Waals surface area contributed by atoms with Crippen LogP contribution in [0.15, 0.2) is 24.3 Å². The molecule has 0 radical (unpaired) electrons. The summed E-state index contributed by atoms with van der Waals surface area (Å²) >= 11 is 0. The molecule has 0 bridgehead atoms. The normalized spacial score (nSPS) is 11.8. The van der Waals surface area contributed by atoms with Crippen molar-refractivity contribution in [2.24, 2.45) is 0 Å². The first-order chi connectivity index (χ1) is 6.77. The van der Waals surface area contributed by atoms with E-state index in [1.807, 2.05) is 6.07 Å². The van der Waals surface area contributed by atoms with Crippen molar-refractivity contribution < 1.29 is 9.84 Å². The zero-order valence-electron chi connectivity index (χ0n) is 8.10. The molecule has 1 unspecified atom stereocenters. The number of nitrogens with zero attached hydrogens (tertiary/aromatic N) is 1. The lowest BCUT2D eigenvalue weighted by atomic mass is 10.1. The molecule has 14 heavy (non-hydrogen) atoms. The van der Waals surface area contributed by atoms with Gasteiger partial charge in [0.15, 0.2) is 0 Å². The lowest BCUT2D eigenvalue weighted by molar-refractivity contribution is 0.169. The molecule has 0 fully saturated rings. The molecule has 0 saturated carbocycles. The molecule has 1 atom stereocenters. The molecule has 0 aliphatic heterocycles. The molecule has 0 heterocycles. The Morgan fingerprint density at radius 1 is 1.43 bits per heavy atom. The SMILES string of the molecule is COc1ccc(C(O)CCC#N)cc1. The van der Waals surface area contributed by atoms with Gasteiger partial charge in [-0.3, -0.25) is 0 Å². The average Bonchev–Trinajstić information content (AvgIpc) is 2.26. The van der Waals surface area contributed by atoms with Gasteiger partial charge in [0, 0.05) is 6.42 Å². The first-order valence-electron chi connectivity index (χ1n) is 4.47. The highest BCUT2D eigenvalue weighted by atomic mass is 16.5. The number of aliphatic hydroxyl groups is 1. The van der Waals surface area contributed by atoms with Crippen LogP contribution in [0.4, 0.5) is 0 Å². The summed E-state index contributed by atoms with van der Waals surface area (Å²) in [5.74, 6) is 0.765. The maximum absolute atomic E-state index is 9.62. The molecule has 0 aliphatic rings. The molecule has 0 saturated heterocycles. The number of rotatable bonds is 4. The third kappa shape index (κ3) is 2.75. The summed E-state index contributed by atoms with van der Waals surface area (Å²) in [7, 11) is 1.60. The van der Waals surface area contributed by atoms with E-state index in [0.717, 1.165) is 11.3 Å². The quantitative estimate of drug-likeness (QED) is 0.792. The van der Waals surface area contributed by atoms with Gasteiger partial charge in [0.2, 0.25) is 0 Å². The summed E-state index contributed by atoms with van der Waals surface area (Å²) in [6.07, 6.45) is 0.288. The van der Waals surface area contributed by atoms with Gasteiger partial charge in [0.05, 0.1) is 19.3 Å². The Labute approximate surface area is 83.6 Å². The minimum atomic E-state index is -0.555. The largest absolute Gasteiger partial charge is 0.497 e. The summed E-state index contributed by atoms with van der Waals surface area (Å²) in [6.45, 7) is 0. The monoisotopic (exact) mass is 191 g/mol. The number of methoxy groups -OCH3 is 1. The zero-order chi connectivity index (χ0) is 10.4. The van der Waals surface area contributed by atoms with Gasteiger partial charge in [-0.1, -0.05) is 12.1 Å². The van der Waals surface area contributed by atoms with Gasteiger partial charge in [-0.2, -0.15) is 5.26 Å². The Balaban J connectivity index is 2.62. The number of hydrogen-bond acceptors (Lipinski definition) is 3. The van der Waals surface area contributed by atoms with Gasteiger partial charge in [0.25, 0.3) is 0 Å². The molecular weight excluding hydrogens is 178 g/mol. The lowest BCUT2D eigenvalue weighted by Crippen LogP contribution is -1.96. The fourth-order valence-electron chi connectivity index (χ4n) is 1.19. The van der Waals surface area contributed by atoms with Crippen molar-refractivity contribution in [1.82, 2.24) is 0 Å². The minimum Gasteiger partial charge on any atom is -0.497 e. The van der Waals surface area contributed by atoms with E-state index in [1.165, 1.54) is 0 Å². The van der Waals surface area contributed by atoms with Crippen molar-refractivity contribution in [1.29, 1.82) is 5.26 Å². The van der Waals surface area contributed by atoms with E-state index < -0.39 is 6.10 Å². The van der Waals surface area contributed by atoms with Crippen LogP contribution in [-0.4, -0.2) is 12.2 Å². The van der Waals surface area contributed by atoms with Gasteiger partial charge in [-0.05, 0) is 24.1 Å². The van der Waals surface area contributed by atoms with Crippen LogP contribution in [0.1, 0.15) is 24.5 Å². The summed E-state index contributed by atoms with van der Waals surface area (Å²) in [5, 5.41) is 18.0. The molecule has 1 N–H and O–H groups in total. The first-order valence-corrected chi connectivity index (χ1v) is 4.47. The molecule has 3 nitrogen and oxygen atoms in total. The van der Waals surface area contributed by atoms with Crippen molar-refractivity contribution >= 4 is 0 Å². The van der Waals surface area contributed by atoms with E-state index in [1.54, 1.807) is 31.4 Å². The number of ether oxygens (including phenoxy) is 1. The Bertz CT molecular complexity index is 313. The summed E-state index contributed by atoms with van der Waals surface area (Å²) in [5.41, 5.74) is 0.820. The summed E-state index contributed by atoms with van der Waals surface area (Å²) in [4.78, 5) is 0. The maximum Gasteiger partial charge on any atom is 0.118 e. The molecule has 1 aromatic carbocycles. The van der Waals surface area contributed by atoms with Crippen molar-refractivity contribution in [3.05, 3.63) is 29.8 Å². The van der Waals surface area contributed by atoms with Crippen LogP contribution in [0.25, 0.3) is 0 Å². The van der Waals surface area contributed by atoms with Gasteiger partial charge in [-0.15, -0.1) is 0 Å². The molecule has 0 aliphatic carbocycles. The van der Waals surface area contributed by atoms with Crippen LogP contribution >= 0.6 is 0 Å². The molecule has 1 rings (SSSR count). The number of benzene rings is 1. The van der Waals surface area contributed by atoms with Crippen molar-refractivity contribution in [3.8, 4) is 11.8 Å². The third-order valence-corrected chi connectivity index (χ3v) is 2.03. The van der Waals surface area contributed by atoms with Gasteiger partial charge >= 0.3 is 0 Å². The smallest absolute Gasteiger partial charge is 0.118 e. The van der Waals surface area contributed by atoms with Crippen molar-refractivity contribution in [2.45, 2.75) is 18.9 Å². The molecule has 0 aromatic heterocycles. The fourth-order valence-corrected chi connectivity index (χ4v) is 1.19. The third-order valence-electron chi connectivity index (χ3n) is 2.03. The summed E-state index contributed by atoms with van der Waals surface area (Å²) < 4.78 is 5.00. The highest BCUT2D eigenvalue weighted by Crippen LogP contribution is 2.20. The van der Waals surface area contributed by atoms with Crippen LogP contribution in [0, 0.1) is 11.3 Å². The van der Waals surface area contributed by atoms with Gasteiger partial charge < -0.3 is 9.84 Å². The Morgan fingerprint density at radius 3 is 2.57 bits per heavy atom. The highest BCUT2D eigenvalue weighted by molar-refractivity contribution is 5.28. The van der Waals surface area contributed by atoms with E-state index in [-0.39, 0.29) is 0 Å². The Kier molecular flexibility index (Phi) is 3.96. The van der Waals surface area contributed by atoms with Gasteiger partial charge in [-0.25, -0.2) is 0 Å². The number of nitriles is 1. The van der Waals surface area contributed by atoms with Crippen LogP contribution in [0.5, 0.6) is 5.75 Å². The zero-order valence-corrected chi connectivity index (χ0v) is 8.10. The molecule has 3 heteroatoms. The molecular formula is C11H13NO2. The van der Waals surface area contributed by atoms with Crippen molar-refractivity contribution in [2.75, 3.05) is 7.11 Å². The topological polar surface area (TPSA) is 53.2 Å². The van der Waals surface area contributed by atoms with E-state index >= 15 is 0 Å².